The minimum atomic E-state index is -3.69. The van der Waals surface area contributed by atoms with Crippen molar-refractivity contribution >= 4 is 15.9 Å². The maximum atomic E-state index is 11.8. The molecule has 0 bridgehead atoms. The van der Waals surface area contributed by atoms with Gasteiger partial charge in [-0.25, -0.2) is 13.6 Å². The maximum absolute atomic E-state index is 11.8. The molecule has 0 saturated carbocycles. The fourth-order valence-corrected chi connectivity index (χ4v) is 2.34. The normalized spacial score (nSPS) is 13.1. The van der Waals surface area contributed by atoms with Crippen molar-refractivity contribution < 1.29 is 17.9 Å². The van der Waals surface area contributed by atoms with E-state index in [1.807, 2.05) is 20.8 Å². The Morgan fingerprint density at radius 2 is 1.82 bits per heavy atom. The minimum absolute atomic E-state index is 0.0526. The lowest BCUT2D eigenvalue weighted by molar-refractivity contribution is -0.122. The average molecular weight is 328 g/mol. The Labute approximate surface area is 132 Å². The highest BCUT2D eigenvalue weighted by atomic mass is 32.2. The number of benzene rings is 1. The van der Waals surface area contributed by atoms with Crippen molar-refractivity contribution in [3.63, 3.8) is 0 Å². The highest BCUT2D eigenvalue weighted by Crippen LogP contribution is 2.15. The molecular formula is C15H24N2O4S. The molecule has 22 heavy (non-hydrogen) atoms. The van der Waals surface area contributed by atoms with Crippen LogP contribution in [-0.2, 0) is 19.6 Å². The van der Waals surface area contributed by atoms with Crippen molar-refractivity contribution in [3.05, 3.63) is 29.8 Å². The van der Waals surface area contributed by atoms with Crippen LogP contribution in [0.15, 0.2) is 29.2 Å². The molecule has 1 aromatic carbocycles. The second-order valence-corrected chi connectivity index (χ2v) is 7.18. The Bertz CT molecular complexity index is 582. The number of ether oxygens (including phenoxy) is 1. The number of primary sulfonamides is 1. The maximum Gasteiger partial charge on any atom is 0.238 e. The molecule has 1 amide bonds. The number of rotatable bonds is 8. The molecule has 0 aliphatic rings. The van der Waals surface area contributed by atoms with Crippen molar-refractivity contribution in [2.45, 2.75) is 38.1 Å². The molecule has 0 aliphatic carbocycles. The van der Waals surface area contributed by atoms with Crippen LogP contribution in [0, 0.1) is 5.92 Å². The lowest BCUT2D eigenvalue weighted by Gasteiger charge is -2.15. The van der Waals surface area contributed by atoms with E-state index in [9.17, 15) is 13.2 Å². The summed E-state index contributed by atoms with van der Waals surface area (Å²) in [7, 11) is -3.69. The van der Waals surface area contributed by atoms with Crippen LogP contribution in [0.2, 0.25) is 0 Å². The summed E-state index contributed by atoms with van der Waals surface area (Å²) in [5.41, 5.74) is 0.809. The number of amides is 1. The summed E-state index contributed by atoms with van der Waals surface area (Å²) in [4.78, 5) is 11.8. The van der Waals surface area contributed by atoms with Gasteiger partial charge >= 0.3 is 0 Å². The third kappa shape index (κ3) is 6.55. The fraction of sp³-hybridized carbons (Fsp3) is 0.533. The monoisotopic (exact) mass is 328 g/mol. The van der Waals surface area contributed by atoms with Gasteiger partial charge in [0.2, 0.25) is 15.9 Å². The van der Waals surface area contributed by atoms with Crippen LogP contribution in [0.3, 0.4) is 0 Å². The van der Waals surface area contributed by atoms with Gasteiger partial charge in [0.05, 0.1) is 17.5 Å². The molecule has 0 fully saturated rings. The predicted molar refractivity (Wildman–Crippen MR) is 84.6 cm³/mol. The minimum Gasteiger partial charge on any atom is -0.381 e. The third-order valence-corrected chi connectivity index (χ3v) is 3.94. The number of nitrogens with one attached hydrogen (secondary N) is 1. The Morgan fingerprint density at radius 1 is 1.23 bits per heavy atom. The molecule has 0 aromatic heterocycles. The third-order valence-electron chi connectivity index (χ3n) is 3.01. The molecular weight excluding hydrogens is 304 g/mol. The molecule has 0 aliphatic heterocycles. The van der Waals surface area contributed by atoms with Gasteiger partial charge in [0, 0.05) is 13.0 Å². The second kappa shape index (κ2) is 8.26. The summed E-state index contributed by atoms with van der Waals surface area (Å²) in [6.45, 7) is 6.96. The van der Waals surface area contributed by atoms with Gasteiger partial charge < -0.3 is 10.1 Å². The molecule has 3 N–H and O–H groups in total. The van der Waals surface area contributed by atoms with Gasteiger partial charge in [-0.1, -0.05) is 26.0 Å². The molecule has 0 spiro atoms. The van der Waals surface area contributed by atoms with Crippen LogP contribution in [0.4, 0.5) is 0 Å². The van der Waals surface area contributed by atoms with E-state index in [4.69, 9.17) is 9.88 Å². The van der Waals surface area contributed by atoms with Crippen LogP contribution in [0.5, 0.6) is 0 Å². The molecule has 1 unspecified atom stereocenters. The fourth-order valence-electron chi connectivity index (χ4n) is 1.83. The zero-order valence-electron chi connectivity index (χ0n) is 13.2. The predicted octanol–water partition coefficient (Wildman–Crippen LogP) is 1.57. The van der Waals surface area contributed by atoms with Gasteiger partial charge in [-0.3, -0.25) is 4.79 Å². The lowest BCUT2D eigenvalue weighted by Crippen LogP contribution is -2.27. The molecule has 1 rings (SSSR count). The summed E-state index contributed by atoms with van der Waals surface area (Å²) in [6, 6.07) is 5.92. The molecule has 0 radical (unpaired) electrons. The summed E-state index contributed by atoms with van der Waals surface area (Å²) in [5.74, 6) is 0.339. The summed E-state index contributed by atoms with van der Waals surface area (Å²) in [5, 5.41) is 7.88. The van der Waals surface area contributed by atoms with Gasteiger partial charge in [0.1, 0.15) is 0 Å². The Morgan fingerprint density at radius 3 is 2.32 bits per heavy atom. The van der Waals surface area contributed by atoms with E-state index in [0.717, 1.165) is 5.56 Å². The topological polar surface area (TPSA) is 98.5 Å². The van der Waals surface area contributed by atoms with Crippen LogP contribution in [0.1, 0.15) is 38.8 Å². The number of carbonyl (C=O) groups is 1. The first-order valence-corrected chi connectivity index (χ1v) is 8.74. The zero-order chi connectivity index (χ0) is 16.8. The highest BCUT2D eigenvalue weighted by Gasteiger charge is 2.12. The van der Waals surface area contributed by atoms with Crippen molar-refractivity contribution in [1.82, 2.24) is 5.32 Å². The molecule has 0 saturated heterocycles. The number of carbonyl (C=O) groups excluding carboxylic acids is 1. The molecule has 7 heteroatoms. The van der Waals surface area contributed by atoms with Gasteiger partial charge in [-0.2, -0.15) is 0 Å². The van der Waals surface area contributed by atoms with Crippen molar-refractivity contribution in [2.24, 2.45) is 11.1 Å². The Hall–Kier alpha value is -1.44. The highest BCUT2D eigenvalue weighted by molar-refractivity contribution is 7.89. The first kappa shape index (κ1) is 18.6. The Kier molecular flexibility index (Phi) is 6.99. The van der Waals surface area contributed by atoms with E-state index in [-0.39, 0.29) is 16.8 Å². The van der Waals surface area contributed by atoms with Gasteiger partial charge in [0.25, 0.3) is 0 Å². The van der Waals surface area contributed by atoms with Crippen molar-refractivity contribution in [1.29, 1.82) is 0 Å². The van der Waals surface area contributed by atoms with E-state index in [0.29, 0.717) is 25.6 Å². The Balaban J connectivity index is 2.47. The van der Waals surface area contributed by atoms with Crippen LogP contribution < -0.4 is 10.5 Å². The van der Waals surface area contributed by atoms with E-state index < -0.39 is 10.0 Å². The summed E-state index contributed by atoms with van der Waals surface area (Å²) >= 11 is 0. The van der Waals surface area contributed by atoms with Crippen LogP contribution in [-0.4, -0.2) is 27.5 Å². The van der Waals surface area contributed by atoms with Gasteiger partial charge in [-0.15, -0.1) is 0 Å². The molecule has 1 aromatic rings. The van der Waals surface area contributed by atoms with Crippen molar-refractivity contribution in [2.75, 3.05) is 13.2 Å². The number of sulfonamides is 1. The number of hydrogen-bond acceptors (Lipinski definition) is 4. The van der Waals surface area contributed by atoms with E-state index in [1.165, 1.54) is 12.1 Å². The largest absolute Gasteiger partial charge is 0.381 e. The van der Waals surface area contributed by atoms with Crippen LogP contribution in [0.25, 0.3) is 0 Å². The van der Waals surface area contributed by atoms with E-state index in [1.54, 1.807) is 12.1 Å². The molecule has 124 valence electrons. The first-order valence-electron chi connectivity index (χ1n) is 7.20. The molecule has 1 atom stereocenters. The number of nitrogens with two attached hydrogens (primary N) is 1. The average Bonchev–Trinajstić information content (AvgIpc) is 2.42. The summed E-state index contributed by atoms with van der Waals surface area (Å²) in [6.07, 6.45) is 0.298. The molecule has 0 heterocycles. The van der Waals surface area contributed by atoms with E-state index in [2.05, 4.69) is 5.32 Å². The first-order chi connectivity index (χ1) is 10.2. The lowest BCUT2D eigenvalue weighted by atomic mass is 10.1. The van der Waals surface area contributed by atoms with Crippen LogP contribution >= 0.6 is 0 Å². The SMILES string of the molecule is CC(C)COCCC(=O)NC(C)c1ccc(S(N)(=O)=O)cc1. The zero-order valence-corrected chi connectivity index (χ0v) is 14.0. The van der Waals surface area contributed by atoms with Gasteiger partial charge in [-0.05, 0) is 30.5 Å². The van der Waals surface area contributed by atoms with Gasteiger partial charge in [0.15, 0.2) is 0 Å². The smallest absolute Gasteiger partial charge is 0.238 e. The quantitative estimate of drug-likeness (QED) is 0.708. The van der Waals surface area contributed by atoms with Crippen molar-refractivity contribution in [3.8, 4) is 0 Å². The number of hydrogen-bond donors (Lipinski definition) is 2. The standard InChI is InChI=1S/C15H24N2O4S/c1-11(2)10-21-9-8-15(18)17-12(3)13-4-6-14(7-5-13)22(16,19)20/h4-7,11-12H,8-10H2,1-3H3,(H,17,18)(H2,16,19,20). The second-order valence-electron chi connectivity index (χ2n) is 5.62. The summed E-state index contributed by atoms with van der Waals surface area (Å²) < 4.78 is 27.7. The molecule has 6 nitrogen and oxygen atoms in total. The van der Waals surface area contributed by atoms with E-state index >= 15 is 0 Å².